The largest absolute Gasteiger partial charge is 0.463 e. The van der Waals surface area contributed by atoms with Gasteiger partial charge in [-0.2, -0.15) is 0 Å². The highest BCUT2D eigenvalue weighted by Gasteiger charge is 2.01. The number of carbonyl (C=O) groups is 2. The zero-order valence-corrected chi connectivity index (χ0v) is 11.1. The topological polar surface area (TPSA) is 52.6 Å². The maximum Gasteiger partial charge on any atom is 0.333 e. The summed E-state index contributed by atoms with van der Waals surface area (Å²) < 4.78 is 9.80. The molecule has 0 rings (SSSR count). The lowest BCUT2D eigenvalue weighted by Gasteiger charge is -2.04. The zero-order chi connectivity index (χ0) is 13.8. The molecule has 0 aromatic carbocycles. The summed E-state index contributed by atoms with van der Waals surface area (Å²) >= 11 is 0. The van der Waals surface area contributed by atoms with E-state index in [0.717, 1.165) is 38.2 Å². The molecule has 0 aromatic rings. The van der Waals surface area contributed by atoms with Crippen LogP contribution in [-0.4, -0.2) is 25.2 Å². The lowest BCUT2D eigenvalue weighted by molar-refractivity contribution is -0.139. The van der Waals surface area contributed by atoms with Crippen molar-refractivity contribution in [3.05, 3.63) is 24.8 Å². The Morgan fingerprint density at radius 2 is 1.50 bits per heavy atom. The summed E-state index contributed by atoms with van der Waals surface area (Å²) in [6.45, 7) is 9.33. The quantitative estimate of drug-likeness (QED) is 0.342. The summed E-state index contributed by atoms with van der Waals surface area (Å²) in [4.78, 5) is 21.7. The molecule has 0 bridgehead atoms. The highest BCUT2D eigenvalue weighted by Crippen LogP contribution is 2.04. The van der Waals surface area contributed by atoms with Gasteiger partial charge in [-0.05, 0) is 19.8 Å². The number of hydrogen-bond donors (Lipinski definition) is 0. The van der Waals surface area contributed by atoms with E-state index in [-0.39, 0.29) is 11.9 Å². The Morgan fingerprint density at radius 1 is 1.00 bits per heavy atom. The molecule has 0 heterocycles. The Labute approximate surface area is 109 Å². The van der Waals surface area contributed by atoms with Gasteiger partial charge in [0, 0.05) is 11.6 Å². The number of hydrogen-bond acceptors (Lipinski definition) is 4. The molecule has 0 unspecified atom stereocenters. The lowest BCUT2D eigenvalue weighted by Crippen LogP contribution is -2.06. The van der Waals surface area contributed by atoms with Crippen LogP contribution in [0.15, 0.2) is 24.8 Å². The van der Waals surface area contributed by atoms with Gasteiger partial charge in [0.25, 0.3) is 0 Å². The van der Waals surface area contributed by atoms with Gasteiger partial charge < -0.3 is 9.47 Å². The fourth-order valence-electron chi connectivity index (χ4n) is 1.25. The minimum atomic E-state index is -0.373. The highest BCUT2D eigenvalue weighted by atomic mass is 16.5. The van der Waals surface area contributed by atoms with Crippen LogP contribution in [0.2, 0.25) is 0 Å². The maximum atomic E-state index is 11.0. The Kier molecular flexibility index (Phi) is 9.64. The summed E-state index contributed by atoms with van der Waals surface area (Å²) in [6.07, 6.45) is 5.90. The van der Waals surface area contributed by atoms with Crippen molar-refractivity contribution in [2.24, 2.45) is 0 Å². The third kappa shape index (κ3) is 9.63. The molecule has 102 valence electrons. The Balaban J connectivity index is 3.21. The van der Waals surface area contributed by atoms with Crippen LogP contribution in [0, 0.1) is 0 Å². The van der Waals surface area contributed by atoms with Crippen LogP contribution >= 0.6 is 0 Å². The summed E-state index contributed by atoms with van der Waals surface area (Å²) in [5.74, 6) is -0.701. The third-order valence-corrected chi connectivity index (χ3v) is 2.28. The fourth-order valence-corrected chi connectivity index (χ4v) is 1.25. The van der Waals surface area contributed by atoms with Crippen LogP contribution in [0.4, 0.5) is 0 Å². The molecule has 0 N–H and O–H groups in total. The molecule has 0 amide bonds. The molecule has 4 nitrogen and oxygen atoms in total. The molecule has 0 radical (unpaired) electrons. The fraction of sp³-hybridized carbons (Fsp3) is 0.571. The normalized spacial score (nSPS) is 9.61. The predicted octanol–water partition coefficient (Wildman–Crippen LogP) is 2.79. The molecule has 0 saturated heterocycles. The van der Waals surface area contributed by atoms with E-state index in [1.807, 2.05) is 0 Å². The summed E-state index contributed by atoms with van der Waals surface area (Å²) in [5, 5.41) is 0. The monoisotopic (exact) mass is 254 g/mol. The Morgan fingerprint density at radius 3 is 2.00 bits per heavy atom. The van der Waals surface area contributed by atoms with Crippen molar-refractivity contribution >= 4 is 11.9 Å². The first-order chi connectivity index (χ1) is 8.57. The van der Waals surface area contributed by atoms with Gasteiger partial charge in [0.1, 0.15) is 0 Å². The van der Waals surface area contributed by atoms with Gasteiger partial charge >= 0.3 is 11.9 Å². The average Bonchev–Trinajstić information content (AvgIpc) is 2.35. The van der Waals surface area contributed by atoms with Crippen molar-refractivity contribution in [3.8, 4) is 0 Å². The van der Waals surface area contributed by atoms with Crippen molar-refractivity contribution in [1.29, 1.82) is 0 Å². The average molecular weight is 254 g/mol. The number of esters is 2. The lowest BCUT2D eigenvalue weighted by atomic mass is 10.1. The van der Waals surface area contributed by atoms with Crippen molar-refractivity contribution in [2.75, 3.05) is 13.2 Å². The summed E-state index contributed by atoms with van der Waals surface area (Å²) in [7, 11) is 0. The van der Waals surface area contributed by atoms with Gasteiger partial charge in [0.05, 0.1) is 13.2 Å². The third-order valence-electron chi connectivity index (χ3n) is 2.28. The van der Waals surface area contributed by atoms with Crippen LogP contribution in [0.25, 0.3) is 0 Å². The zero-order valence-electron chi connectivity index (χ0n) is 11.1. The van der Waals surface area contributed by atoms with E-state index in [0.29, 0.717) is 18.8 Å². The molecule has 0 atom stereocenters. The number of ether oxygens (including phenoxy) is 2. The standard InChI is InChI=1S/C14H22O4/c1-4-13(15)17-10-8-6-5-7-9-11-18-14(16)12(2)3/h4H,1-2,5-11H2,3H3. The predicted molar refractivity (Wildman–Crippen MR) is 70.0 cm³/mol. The molecule has 4 heteroatoms. The van der Waals surface area contributed by atoms with Crippen molar-refractivity contribution < 1.29 is 19.1 Å². The Hall–Kier alpha value is -1.58. The van der Waals surface area contributed by atoms with Gasteiger partial charge in [-0.3, -0.25) is 0 Å². The van der Waals surface area contributed by atoms with E-state index in [9.17, 15) is 9.59 Å². The molecule has 18 heavy (non-hydrogen) atoms. The van der Waals surface area contributed by atoms with E-state index in [1.165, 1.54) is 0 Å². The molecule has 0 aromatic heterocycles. The van der Waals surface area contributed by atoms with Crippen molar-refractivity contribution in [2.45, 2.75) is 39.0 Å². The second-order valence-electron chi connectivity index (χ2n) is 4.06. The van der Waals surface area contributed by atoms with Crippen LogP contribution in [0.5, 0.6) is 0 Å². The van der Waals surface area contributed by atoms with E-state index in [2.05, 4.69) is 13.2 Å². The molecular formula is C14H22O4. The molecular weight excluding hydrogens is 232 g/mol. The van der Waals surface area contributed by atoms with Gasteiger partial charge in [-0.25, -0.2) is 9.59 Å². The van der Waals surface area contributed by atoms with Gasteiger partial charge in [-0.1, -0.05) is 32.4 Å². The molecule has 0 spiro atoms. The van der Waals surface area contributed by atoms with Crippen molar-refractivity contribution in [1.82, 2.24) is 0 Å². The SMILES string of the molecule is C=CC(=O)OCCCCCCCOC(=O)C(=C)C. The second kappa shape index (κ2) is 10.6. The van der Waals surface area contributed by atoms with Gasteiger partial charge in [0.15, 0.2) is 0 Å². The minimum absolute atomic E-state index is 0.327. The molecule has 0 fully saturated rings. The number of rotatable bonds is 10. The smallest absolute Gasteiger partial charge is 0.333 e. The molecule has 0 aliphatic rings. The van der Waals surface area contributed by atoms with Crippen LogP contribution in [0.3, 0.4) is 0 Å². The van der Waals surface area contributed by atoms with Crippen LogP contribution in [0.1, 0.15) is 39.0 Å². The molecule has 0 saturated carbocycles. The molecule has 0 aliphatic heterocycles. The van der Waals surface area contributed by atoms with E-state index in [4.69, 9.17) is 9.47 Å². The number of carbonyl (C=O) groups excluding carboxylic acids is 2. The maximum absolute atomic E-state index is 11.0. The minimum Gasteiger partial charge on any atom is -0.463 e. The first-order valence-corrected chi connectivity index (χ1v) is 6.19. The second-order valence-corrected chi connectivity index (χ2v) is 4.06. The van der Waals surface area contributed by atoms with E-state index < -0.39 is 0 Å². The van der Waals surface area contributed by atoms with E-state index >= 15 is 0 Å². The van der Waals surface area contributed by atoms with Gasteiger partial charge in [0.2, 0.25) is 0 Å². The first-order valence-electron chi connectivity index (χ1n) is 6.19. The van der Waals surface area contributed by atoms with Crippen molar-refractivity contribution in [3.63, 3.8) is 0 Å². The van der Waals surface area contributed by atoms with Gasteiger partial charge in [-0.15, -0.1) is 0 Å². The number of unbranched alkanes of at least 4 members (excludes halogenated alkanes) is 4. The Bertz CT molecular complexity index is 294. The first kappa shape index (κ1) is 16.4. The molecule has 0 aliphatic carbocycles. The van der Waals surface area contributed by atoms with Crippen LogP contribution in [-0.2, 0) is 19.1 Å². The summed E-state index contributed by atoms with van der Waals surface area (Å²) in [5.41, 5.74) is 0.430. The summed E-state index contributed by atoms with van der Waals surface area (Å²) in [6, 6.07) is 0. The van der Waals surface area contributed by atoms with Crippen LogP contribution < -0.4 is 0 Å². The highest BCUT2D eigenvalue weighted by molar-refractivity contribution is 5.86. The van der Waals surface area contributed by atoms with E-state index in [1.54, 1.807) is 6.92 Å².